The van der Waals surface area contributed by atoms with Gasteiger partial charge in [0.15, 0.2) is 5.96 Å². The van der Waals surface area contributed by atoms with Gasteiger partial charge in [0.25, 0.3) is 0 Å². The average molecular weight is 369 g/mol. The number of alkyl halides is 3. The smallest absolute Gasteiger partial charge is 0.383 e. The Bertz CT molecular complexity index is 783. The van der Waals surface area contributed by atoms with Gasteiger partial charge in [0, 0.05) is 19.3 Å². The van der Waals surface area contributed by atoms with Gasteiger partial charge >= 0.3 is 6.18 Å². The normalized spacial score (nSPS) is 12.5. The van der Waals surface area contributed by atoms with E-state index in [9.17, 15) is 13.2 Å². The molecule has 3 N–H and O–H groups in total. The summed E-state index contributed by atoms with van der Waals surface area (Å²) in [7, 11) is 1.54. The van der Waals surface area contributed by atoms with E-state index in [0.29, 0.717) is 18.8 Å². The molecule has 0 saturated carbocycles. The fourth-order valence-electron chi connectivity index (χ4n) is 2.50. The van der Waals surface area contributed by atoms with E-state index < -0.39 is 11.7 Å². The maximum atomic E-state index is 13.5. The molecular formula is C17H22F3N5O. The van der Waals surface area contributed by atoms with Crippen molar-refractivity contribution < 1.29 is 17.9 Å². The first kappa shape index (κ1) is 19.8. The molecule has 0 aliphatic carbocycles. The largest absolute Gasteiger partial charge is 0.416 e. The van der Waals surface area contributed by atoms with Crippen LogP contribution >= 0.6 is 0 Å². The van der Waals surface area contributed by atoms with Gasteiger partial charge in [-0.25, -0.2) is 9.67 Å². The third kappa shape index (κ3) is 4.98. The summed E-state index contributed by atoms with van der Waals surface area (Å²) in [5, 5.41) is 7.00. The number of benzene rings is 1. The zero-order chi connectivity index (χ0) is 19.3. The van der Waals surface area contributed by atoms with Gasteiger partial charge in [-0.2, -0.15) is 18.3 Å². The molecule has 2 aromatic rings. The highest BCUT2D eigenvalue weighted by Crippen LogP contribution is 2.34. The molecule has 142 valence electrons. The number of nitrogens with one attached hydrogen (secondary N) is 1. The summed E-state index contributed by atoms with van der Waals surface area (Å²) >= 11 is 0. The van der Waals surface area contributed by atoms with Crippen molar-refractivity contribution in [1.82, 2.24) is 15.1 Å². The summed E-state index contributed by atoms with van der Waals surface area (Å²) in [6.45, 7) is 4.24. The average Bonchev–Trinajstić information content (AvgIpc) is 2.90. The zero-order valence-electron chi connectivity index (χ0n) is 14.9. The van der Waals surface area contributed by atoms with Crippen molar-refractivity contribution in [2.75, 3.05) is 20.3 Å². The van der Waals surface area contributed by atoms with Crippen molar-refractivity contribution in [3.8, 4) is 5.69 Å². The fourth-order valence-corrected chi connectivity index (χ4v) is 2.50. The third-order valence-corrected chi connectivity index (χ3v) is 3.69. The lowest BCUT2D eigenvalue weighted by Gasteiger charge is -2.14. The molecule has 1 heterocycles. The Labute approximate surface area is 149 Å². The Kier molecular flexibility index (Phi) is 6.25. The Morgan fingerprint density at radius 1 is 1.31 bits per heavy atom. The number of aromatic nitrogens is 2. The van der Waals surface area contributed by atoms with E-state index in [-0.39, 0.29) is 18.1 Å². The summed E-state index contributed by atoms with van der Waals surface area (Å²) in [5.41, 5.74) is 6.78. The van der Waals surface area contributed by atoms with Gasteiger partial charge in [-0.1, -0.05) is 6.07 Å². The quantitative estimate of drug-likeness (QED) is 0.466. The summed E-state index contributed by atoms with van der Waals surface area (Å²) in [4.78, 5) is 3.97. The Hall–Kier alpha value is -2.55. The lowest BCUT2D eigenvalue weighted by molar-refractivity contribution is -0.138. The molecule has 6 nitrogen and oxygen atoms in total. The maximum absolute atomic E-state index is 13.5. The first-order chi connectivity index (χ1) is 12.2. The summed E-state index contributed by atoms with van der Waals surface area (Å²) in [5.74, 6) is 0.0674. The molecule has 0 saturated heterocycles. The molecule has 9 heteroatoms. The van der Waals surface area contributed by atoms with E-state index in [1.54, 1.807) is 26.0 Å². The van der Waals surface area contributed by atoms with Crippen LogP contribution in [0.25, 0.3) is 5.69 Å². The highest BCUT2D eigenvalue weighted by molar-refractivity contribution is 5.77. The van der Waals surface area contributed by atoms with Crippen LogP contribution in [-0.2, 0) is 17.5 Å². The van der Waals surface area contributed by atoms with Crippen LogP contribution in [0.15, 0.2) is 29.3 Å². The monoisotopic (exact) mass is 369 g/mol. The highest BCUT2D eigenvalue weighted by atomic mass is 19.4. The summed E-state index contributed by atoms with van der Waals surface area (Å²) in [6.07, 6.45) is -4.50. The van der Waals surface area contributed by atoms with Crippen LogP contribution in [0.5, 0.6) is 0 Å². The molecule has 0 unspecified atom stereocenters. The minimum atomic E-state index is -4.50. The standard InChI is InChI=1S/C17H22F3N5O/c1-11-8-12(2)25(24-11)14-5-4-13(15(9-14)17(18,19)20)10-23-16(21)22-6-7-26-3/h4-5,8-9H,6-7,10H2,1-3H3,(H3,21,22,23). The van der Waals surface area contributed by atoms with Crippen LogP contribution in [0.3, 0.4) is 0 Å². The van der Waals surface area contributed by atoms with Crippen LogP contribution in [-0.4, -0.2) is 36.0 Å². The number of rotatable bonds is 6. The number of guanidine groups is 1. The number of nitrogens with zero attached hydrogens (tertiary/aromatic N) is 3. The number of methoxy groups -OCH3 is 1. The number of ether oxygens (including phenoxy) is 1. The molecule has 1 aromatic carbocycles. The van der Waals surface area contributed by atoms with Crippen LogP contribution < -0.4 is 11.1 Å². The van der Waals surface area contributed by atoms with E-state index in [2.05, 4.69) is 15.4 Å². The molecule has 0 aliphatic rings. The van der Waals surface area contributed by atoms with Crippen molar-refractivity contribution >= 4 is 5.96 Å². The summed E-state index contributed by atoms with van der Waals surface area (Å²) in [6, 6.07) is 5.88. The molecule has 2 rings (SSSR count). The predicted molar refractivity (Wildman–Crippen MR) is 93.2 cm³/mol. The molecular weight excluding hydrogens is 347 g/mol. The van der Waals surface area contributed by atoms with E-state index in [0.717, 1.165) is 17.5 Å². The van der Waals surface area contributed by atoms with Gasteiger partial charge in [0.1, 0.15) is 0 Å². The van der Waals surface area contributed by atoms with Gasteiger partial charge in [0.05, 0.1) is 30.1 Å². The molecule has 0 atom stereocenters. The lowest BCUT2D eigenvalue weighted by atomic mass is 10.1. The van der Waals surface area contributed by atoms with Crippen molar-refractivity contribution in [2.45, 2.75) is 26.6 Å². The predicted octanol–water partition coefficient (Wildman–Crippen LogP) is 2.56. The van der Waals surface area contributed by atoms with Crippen molar-refractivity contribution in [2.24, 2.45) is 10.7 Å². The van der Waals surface area contributed by atoms with Gasteiger partial charge in [-0.05, 0) is 37.6 Å². The molecule has 0 radical (unpaired) electrons. The van der Waals surface area contributed by atoms with Gasteiger partial charge in [-0.15, -0.1) is 0 Å². The van der Waals surface area contributed by atoms with Gasteiger partial charge in [0.2, 0.25) is 0 Å². The van der Waals surface area contributed by atoms with E-state index in [1.165, 1.54) is 17.9 Å². The Balaban J connectivity index is 2.30. The van der Waals surface area contributed by atoms with Crippen LogP contribution in [0.2, 0.25) is 0 Å². The van der Waals surface area contributed by atoms with Crippen LogP contribution in [0.4, 0.5) is 13.2 Å². The molecule has 26 heavy (non-hydrogen) atoms. The second-order valence-corrected chi connectivity index (χ2v) is 5.80. The van der Waals surface area contributed by atoms with Crippen LogP contribution in [0.1, 0.15) is 22.5 Å². The second kappa shape index (κ2) is 8.22. The Morgan fingerprint density at radius 2 is 2.04 bits per heavy atom. The topological polar surface area (TPSA) is 77.5 Å². The molecule has 0 fully saturated rings. The number of hydrogen-bond acceptors (Lipinski definition) is 3. The van der Waals surface area contributed by atoms with Crippen molar-refractivity contribution in [3.05, 3.63) is 46.8 Å². The fraction of sp³-hybridized carbons (Fsp3) is 0.412. The molecule has 0 aliphatic heterocycles. The lowest BCUT2D eigenvalue weighted by Crippen LogP contribution is -2.34. The zero-order valence-corrected chi connectivity index (χ0v) is 14.9. The summed E-state index contributed by atoms with van der Waals surface area (Å²) < 4.78 is 46.8. The number of nitrogens with two attached hydrogens (primary N) is 1. The van der Waals surface area contributed by atoms with Crippen molar-refractivity contribution in [3.63, 3.8) is 0 Å². The van der Waals surface area contributed by atoms with E-state index >= 15 is 0 Å². The van der Waals surface area contributed by atoms with E-state index in [4.69, 9.17) is 10.5 Å². The first-order valence-electron chi connectivity index (χ1n) is 7.99. The minimum Gasteiger partial charge on any atom is -0.383 e. The SMILES string of the molecule is COCCNC(N)=NCc1ccc(-n2nc(C)cc2C)cc1C(F)(F)F. The van der Waals surface area contributed by atoms with Crippen LogP contribution in [0, 0.1) is 13.8 Å². The minimum absolute atomic E-state index is 0.0410. The number of hydrogen-bond donors (Lipinski definition) is 2. The first-order valence-corrected chi connectivity index (χ1v) is 7.99. The Morgan fingerprint density at radius 3 is 2.62 bits per heavy atom. The molecule has 1 aromatic heterocycles. The molecule has 0 spiro atoms. The second-order valence-electron chi connectivity index (χ2n) is 5.80. The number of aliphatic imine (C=N–C) groups is 1. The number of aryl methyl sites for hydroxylation is 2. The van der Waals surface area contributed by atoms with Gasteiger partial charge in [-0.3, -0.25) is 0 Å². The number of halogens is 3. The molecule has 0 bridgehead atoms. The third-order valence-electron chi connectivity index (χ3n) is 3.69. The molecule has 0 amide bonds. The maximum Gasteiger partial charge on any atom is 0.416 e. The van der Waals surface area contributed by atoms with Gasteiger partial charge < -0.3 is 15.8 Å². The van der Waals surface area contributed by atoms with Crippen molar-refractivity contribution in [1.29, 1.82) is 0 Å². The van der Waals surface area contributed by atoms with E-state index in [1.807, 2.05) is 0 Å². The highest BCUT2D eigenvalue weighted by Gasteiger charge is 2.33.